The van der Waals surface area contributed by atoms with Crippen LogP contribution in [0.5, 0.6) is 0 Å². The fourth-order valence-corrected chi connectivity index (χ4v) is 2.48. The number of nitrogens with zero attached hydrogens (tertiary/aromatic N) is 2. The maximum absolute atomic E-state index is 6.15. The SMILES string of the molecule is Cc1ccc(C(N)CSc2cnn(C)c2)cc1. The van der Waals surface area contributed by atoms with Crippen LogP contribution in [0.25, 0.3) is 0 Å². The van der Waals surface area contributed by atoms with Crippen LogP contribution in [0.3, 0.4) is 0 Å². The minimum atomic E-state index is 0.0702. The Morgan fingerprint density at radius 2 is 2.06 bits per heavy atom. The lowest BCUT2D eigenvalue weighted by atomic mass is 10.1. The smallest absolute Gasteiger partial charge is 0.0625 e. The summed E-state index contributed by atoms with van der Waals surface area (Å²) in [6.45, 7) is 2.08. The fourth-order valence-electron chi connectivity index (χ4n) is 1.57. The molecule has 0 amide bonds. The molecule has 0 saturated carbocycles. The van der Waals surface area contributed by atoms with Gasteiger partial charge < -0.3 is 5.73 Å². The zero-order chi connectivity index (χ0) is 12.3. The van der Waals surface area contributed by atoms with Gasteiger partial charge in [-0.2, -0.15) is 5.10 Å². The zero-order valence-electron chi connectivity index (χ0n) is 10.1. The van der Waals surface area contributed by atoms with Crippen LogP contribution in [0, 0.1) is 6.92 Å². The van der Waals surface area contributed by atoms with Crippen LogP contribution >= 0.6 is 11.8 Å². The van der Waals surface area contributed by atoms with Crippen LogP contribution in [-0.4, -0.2) is 15.5 Å². The molecule has 1 heterocycles. The Bertz CT molecular complexity index is 476. The highest BCUT2D eigenvalue weighted by atomic mass is 32.2. The van der Waals surface area contributed by atoms with Gasteiger partial charge in [-0.25, -0.2) is 0 Å². The van der Waals surface area contributed by atoms with E-state index in [9.17, 15) is 0 Å². The first-order valence-corrected chi connectivity index (χ1v) is 6.57. The van der Waals surface area contributed by atoms with Gasteiger partial charge in [-0.15, -0.1) is 11.8 Å². The third-order valence-electron chi connectivity index (χ3n) is 2.62. The maximum Gasteiger partial charge on any atom is 0.0625 e. The van der Waals surface area contributed by atoms with Gasteiger partial charge in [-0.3, -0.25) is 4.68 Å². The second-order valence-electron chi connectivity index (χ2n) is 4.18. The number of nitrogens with two attached hydrogens (primary N) is 1. The van der Waals surface area contributed by atoms with Crippen molar-refractivity contribution < 1.29 is 0 Å². The summed E-state index contributed by atoms with van der Waals surface area (Å²) in [6.07, 6.45) is 3.87. The second-order valence-corrected chi connectivity index (χ2v) is 5.27. The van der Waals surface area contributed by atoms with E-state index in [2.05, 4.69) is 36.3 Å². The lowest BCUT2D eigenvalue weighted by Crippen LogP contribution is -2.12. The van der Waals surface area contributed by atoms with E-state index in [1.165, 1.54) is 11.1 Å². The van der Waals surface area contributed by atoms with Crippen molar-refractivity contribution in [3.05, 3.63) is 47.8 Å². The van der Waals surface area contributed by atoms with Gasteiger partial charge >= 0.3 is 0 Å². The van der Waals surface area contributed by atoms with E-state index < -0.39 is 0 Å². The summed E-state index contributed by atoms with van der Waals surface area (Å²) in [5.74, 6) is 0.870. The molecule has 3 nitrogen and oxygen atoms in total. The number of rotatable bonds is 4. The van der Waals surface area contributed by atoms with Crippen LogP contribution in [0.1, 0.15) is 17.2 Å². The predicted octanol–water partition coefficient (Wildman–Crippen LogP) is 2.52. The largest absolute Gasteiger partial charge is 0.323 e. The molecule has 2 N–H and O–H groups in total. The van der Waals surface area contributed by atoms with E-state index in [0.717, 1.165) is 10.6 Å². The third kappa shape index (κ3) is 3.35. The van der Waals surface area contributed by atoms with Gasteiger partial charge in [-0.1, -0.05) is 29.8 Å². The predicted molar refractivity (Wildman–Crippen MR) is 72.0 cm³/mol. The number of aryl methyl sites for hydroxylation is 2. The Morgan fingerprint density at radius 3 is 2.65 bits per heavy atom. The molecule has 90 valence electrons. The quantitative estimate of drug-likeness (QED) is 0.844. The first-order valence-electron chi connectivity index (χ1n) is 5.59. The van der Waals surface area contributed by atoms with Gasteiger partial charge in [0.05, 0.1) is 6.20 Å². The molecule has 1 unspecified atom stereocenters. The van der Waals surface area contributed by atoms with E-state index in [4.69, 9.17) is 5.73 Å². The van der Waals surface area contributed by atoms with Crippen LogP contribution in [0.4, 0.5) is 0 Å². The highest BCUT2D eigenvalue weighted by Crippen LogP contribution is 2.22. The highest BCUT2D eigenvalue weighted by Gasteiger charge is 2.07. The van der Waals surface area contributed by atoms with Crippen molar-refractivity contribution in [3.8, 4) is 0 Å². The molecule has 0 bridgehead atoms. The number of aromatic nitrogens is 2. The molecule has 4 heteroatoms. The summed E-state index contributed by atoms with van der Waals surface area (Å²) in [5, 5.41) is 4.13. The molecule has 0 aliphatic heterocycles. The molecule has 0 spiro atoms. The van der Waals surface area contributed by atoms with Gasteiger partial charge in [0.1, 0.15) is 0 Å². The third-order valence-corrected chi connectivity index (χ3v) is 3.69. The van der Waals surface area contributed by atoms with Gasteiger partial charge in [-0.05, 0) is 12.5 Å². The van der Waals surface area contributed by atoms with Crippen molar-refractivity contribution in [2.45, 2.75) is 17.9 Å². The molecule has 17 heavy (non-hydrogen) atoms. The van der Waals surface area contributed by atoms with Crippen molar-refractivity contribution in [1.29, 1.82) is 0 Å². The van der Waals surface area contributed by atoms with Crippen LogP contribution < -0.4 is 5.73 Å². The lowest BCUT2D eigenvalue weighted by molar-refractivity contribution is 0.766. The fraction of sp³-hybridized carbons (Fsp3) is 0.308. The first-order chi connectivity index (χ1) is 8.15. The first kappa shape index (κ1) is 12.2. The molecule has 0 saturated heterocycles. The van der Waals surface area contributed by atoms with Crippen molar-refractivity contribution in [2.75, 3.05) is 5.75 Å². The number of hydrogen-bond acceptors (Lipinski definition) is 3. The van der Waals surface area contributed by atoms with Crippen molar-refractivity contribution in [1.82, 2.24) is 9.78 Å². The van der Waals surface area contributed by atoms with Gasteiger partial charge in [0.15, 0.2) is 0 Å². The minimum absolute atomic E-state index is 0.0702. The Morgan fingerprint density at radius 1 is 1.35 bits per heavy atom. The Labute approximate surface area is 106 Å². The average molecular weight is 247 g/mol. The average Bonchev–Trinajstić information content (AvgIpc) is 2.73. The molecule has 2 rings (SSSR count). The van der Waals surface area contributed by atoms with E-state index in [1.54, 1.807) is 16.4 Å². The van der Waals surface area contributed by atoms with Crippen LogP contribution in [0.15, 0.2) is 41.6 Å². The van der Waals surface area contributed by atoms with Gasteiger partial charge in [0, 0.05) is 29.9 Å². The standard InChI is InChI=1S/C13H17N3S/c1-10-3-5-11(6-4-10)13(14)9-17-12-7-15-16(2)8-12/h3-8,13H,9,14H2,1-2H3. The van der Waals surface area contributed by atoms with E-state index >= 15 is 0 Å². The summed E-state index contributed by atoms with van der Waals surface area (Å²) in [6, 6.07) is 8.47. The summed E-state index contributed by atoms with van der Waals surface area (Å²) in [5.41, 5.74) is 8.60. The zero-order valence-corrected chi connectivity index (χ0v) is 10.9. The van der Waals surface area contributed by atoms with Crippen molar-refractivity contribution in [3.63, 3.8) is 0 Å². The highest BCUT2D eigenvalue weighted by molar-refractivity contribution is 7.99. The molecule has 2 aromatic rings. The molecular weight excluding hydrogens is 230 g/mol. The van der Waals surface area contributed by atoms with E-state index in [-0.39, 0.29) is 6.04 Å². The van der Waals surface area contributed by atoms with E-state index in [1.807, 2.05) is 19.4 Å². The minimum Gasteiger partial charge on any atom is -0.323 e. The Hall–Kier alpha value is -1.26. The topological polar surface area (TPSA) is 43.8 Å². The Kier molecular flexibility index (Phi) is 3.86. The summed E-state index contributed by atoms with van der Waals surface area (Å²) in [4.78, 5) is 1.16. The Balaban J connectivity index is 1.93. The molecule has 1 aromatic heterocycles. The van der Waals surface area contributed by atoms with Crippen molar-refractivity contribution >= 4 is 11.8 Å². The van der Waals surface area contributed by atoms with Gasteiger partial charge in [0.2, 0.25) is 0 Å². The number of thioether (sulfide) groups is 1. The summed E-state index contributed by atoms with van der Waals surface area (Å²) >= 11 is 1.74. The number of benzene rings is 1. The molecule has 0 radical (unpaired) electrons. The lowest BCUT2D eigenvalue weighted by Gasteiger charge is -2.11. The number of hydrogen-bond donors (Lipinski definition) is 1. The molecule has 1 atom stereocenters. The monoisotopic (exact) mass is 247 g/mol. The summed E-state index contributed by atoms with van der Waals surface area (Å²) in [7, 11) is 1.92. The van der Waals surface area contributed by atoms with Crippen LogP contribution in [-0.2, 0) is 7.05 Å². The normalized spacial score (nSPS) is 12.6. The van der Waals surface area contributed by atoms with Crippen molar-refractivity contribution in [2.24, 2.45) is 12.8 Å². The second kappa shape index (κ2) is 5.38. The van der Waals surface area contributed by atoms with E-state index in [0.29, 0.717) is 0 Å². The summed E-state index contributed by atoms with van der Waals surface area (Å²) < 4.78 is 1.81. The molecule has 0 aliphatic rings. The molecule has 0 fully saturated rings. The van der Waals surface area contributed by atoms with Crippen LogP contribution in [0.2, 0.25) is 0 Å². The molecule has 1 aromatic carbocycles. The molecular formula is C13H17N3S. The molecule has 0 aliphatic carbocycles. The maximum atomic E-state index is 6.15. The van der Waals surface area contributed by atoms with Gasteiger partial charge in [0.25, 0.3) is 0 Å².